The van der Waals surface area contributed by atoms with Crippen LogP contribution in [0.4, 0.5) is 0 Å². The normalized spacial score (nSPS) is 41.9. The van der Waals surface area contributed by atoms with Crippen LogP contribution in [0, 0.1) is 5.92 Å². The summed E-state index contributed by atoms with van der Waals surface area (Å²) >= 11 is 0. The van der Waals surface area contributed by atoms with Gasteiger partial charge in [0, 0.05) is 6.54 Å². The zero-order valence-electron chi connectivity index (χ0n) is 5.33. The number of rotatable bonds is 0. The molecule has 2 atom stereocenters. The van der Waals surface area contributed by atoms with Gasteiger partial charge in [-0.25, -0.2) is 0 Å². The summed E-state index contributed by atoms with van der Waals surface area (Å²) in [7, 11) is 0. The molecule has 9 heavy (non-hydrogen) atoms. The van der Waals surface area contributed by atoms with Crippen LogP contribution >= 0.6 is 0 Å². The average Bonchev–Trinajstić information content (AvgIpc) is 1.90. The van der Waals surface area contributed by atoms with E-state index in [1.807, 2.05) is 0 Å². The lowest BCUT2D eigenvalue weighted by molar-refractivity contribution is -0.142. The summed E-state index contributed by atoms with van der Waals surface area (Å²) in [4.78, 5) is 0. The molecule has 2 unspecified atom stereocenters. The predicted octanol–water partition coefficient (Wildman–Crippen LogP) is 1.03. The molecule has 0 aromatic heterocycles. The van der Waals surface area contributed by atoms with Crippen molar-refractivity contribution < 1.29 is 5.21 Å². The quantitative estimate of drug-likeness (QED) is 0.489. The molecule has 1 fully saturated rings. The molecule has 0 aromatic carbocycles. The predicted molar refractivity (Wildman–Crippen MR) is 34.1 cm³/mol. The first kappa shape index (κ1) is 5.45. The van der Waals surface area contributed by atoms with Crippen molar-refractivity contribution in [3.8, 4) is 0 Å². The summed E-state index contributed by atoms with van der Waals surface area (Å²) in [6.07, 6.45) is 6.73. The van der Waals surface area contributed by atoms with Crippen LogP contribution in [0.3, 0.4) is 0 Å². The van der Waals surface area contributed by atoms with Crippen molar-refractivity contribution >= 4 is 0 Å². The van der Waals surface area contributed by atoms with E-state index in [0.29, 0.717) is 12.0 Å². The first-order chi connectivity index (χ1) is 4.36. The largest absolute Gasteiger partial charge is 0.313 e. The van der Waals surface area contributed by atoms with Crippen LogP contribution in [0.5, 0.6) is 0 Å². The Morgan fingerprint density at radius 3 is 2.44 bits per heavy atom. The Hall–Kier alpha value is -0.340. The highest BCUT2D eigenvalue weighted by Gasteiger charge is 2.27. The Labute approximate surface area is 54.7 Å². The van der Waals surface area contributed by atoms with E-state index < -0.39 is 0 Å². The molecule has 1 N–H and O–H groups in total. The number of nitrogens with zero attached hydrogens (tertiary/aromatic N) is 1. The van der Waals surface area contributed by atoms with Crippen molar-refractivity contribution in [3.63, 3.8) is 0 Å². The third-order valence-electron chi connectivity index (χ3n) is 2.24. The van der Waals surface area contributed by atoms with Crippen molar-refractivity contribution in [1.82, 2.24) is 5.06 Å². The second kappa shape index (κ2) is 1.82. The van der Waals surface area contributed by atoms with Crippen molar-refractivity contribution in [2.45, 2.75) is 18.9 Å². The van der Waals surface area contributed by atoms with Crippen LogP contribution in [0.1, 0.15) is 12.8 Å². The molecule has 0 aromatic rings. The Morgan fingerprint density at radius 1 is 1.33 bits per heavy atom. The van der Waals surface area contributed by atoms with E-state index in [4.69, 9.17) is 0 Å². The topological polar surface area (TPSA) is 23.5 Å². The smallest absolute Gasteiger partial charge is 0.0530 e. The lowest BCUT2D eigenvalue weighted by Gasteiger charge is -2.36. The van der Waals surface area contributed by atoms with E-state index in [0.717, 1.165) is 13.0 Å². The molecule has 2 heteroatoms. The summed E-state index contributed by atoms with van der Waals surface area (Å²) in [6.45, 7) is 0.848. The van der Waals surface area contributed by atoms with Crippen LogP contribution in [0.25, 0.3) is 0 Å². The van der Waals surface area contributed by atoms with Crippen molar-refractivity contribution in [2.24, 2.45) is 5.92 Å². The molecule has 1 saturated heterocycles. The van der Waals surface area contributed by atoms with Gasteiger partial charge in [0.2, 0.25) is 0 Å². The van der Waals surface area contributed by atoms with Gasteiger partial charge in [0.15, 0.2) is 0 Å². The Morgan fingerprint density at radius 2 is 2.22 bits per heavy atom. The van der Waals surface area contributed by atoms with Crippen LogP contribution in [-0.2, 0) is 0 Å². The fourth-order valence-electron chi connectivity index (χ4n) is 1.64. The summed E-state index contributed by atoms with van der Waals surface area (Å²) in [5, 5.41) is 10.6. The monoisotopic (exact) mass is 125 g/mol. The van der Waals surface area contributed by atoms with Crippen molar-refractivity contribution in [2.75, 3.05) is 6.54 Å². The molecule has 2 aliphatic heterocycles. The lowest BCUT2D eigenvalue weighted by atomic mass is 9.88. The number of piperidine rings is 1. The summed E-state index contributed by atoms with van der Waals surface area (Å²) in [5.41, 5.74) is 0. The second-order valence-electron chi connectivity index (χ2n) is 2.91. The van der Waals surface area contributed by atoms with E-state index in [9.17, 15) is 5.21 Å². The van der Waals surface area contributed by atoms with Crippen LogP contribution in [0.2, 0.25) is 0 Å². The molecule has 50 valence electrons. The molecule has 3 aliphatic rings. The Bertz CT molecular complexity index is 144. The minimum atomic E-state index is 0.329. The highest BCUT2D eigenvalue weighted by molar-refractivity contribution is 5.06. The minimum absolute atomic E-state index is 0.329. The molecular formula is C7H11NO. The van der Waals surface area contributed by atoms with E-state index in [1.165, 1.54) is 11.5 Å². The maximum Gasteiger partial charge on any atom is 0.0530 e. The number of hydrogen-bond donors (Lipinski definition) is 1. The SMILES string of the molecule is ON1CC2C=CC1CC2. The van der Waals surface area contributed by atoms with Gasteiger partial charge in [-0.15, -0.1) is 0 Å². The van der Waals surface area contributed by atoms with E-state index in [2.05, 4.69) is 12.2 Å². The molecule has 3 rings (SSSR count). The van der Waals surface area contributed by atoms with E-state index >= 15 is 0 Å². The molecule has 0 amide bonds. The zero-order valence-corrected chi connectivity index (χ0v) is 5.33. The third kappa shape index (κ3) is 0.787. The molecule has 1 aliphatic carbocycles. The van der Waals surface area contributed by atoms with Gasteiger partial charge in [-0.05, 0) is 18.8 Å². The summed E-state index contributed by atoms with van der Waals surface area (Å²) in [6, 6.07) is 0.329. The standard InChI is InChI=1S/C7H11NO/c9-8-5-6-1-3-7(8)4-2-6/h1,3,6-7,9H,2,4-5H2. The molecule has 2 nitrogen and oxygen atoms in total. The number of fused-ring (bicyclic) bond motifs is 2. The summed E-state index contributed by atoms with van der Waals surface area (Å²) < 4.78 is 0. The van der Waals surface area contributed by atoms with Gasteiger partial charge >= 0.3 is 0 Å². The van der Waals surface area contributed by atoms with Gasteiger partial charge in [-0.2, -0.15) is 5.06 Å². The maximum absolute atomic E-state index is 9.18. The van der Waals surface area contributed by atoms with Crippen molar-refractivity contribution in [3.05, 3.63) is 12.2 Å². The number of hydrogen-bond acceptors (Lipinski definition) is 2. The van der Waals surface area contributed by atoms with Gasteiger partial charge in [0.05, 0.1) is 6.04 Å². The van der Waals surface area contributed by atoms with Gasteiger partial charge in [0.25, 0.3) is 0 Å². The second-order valence-corrected chi connectivity index (χ2v) is 2.91. The first-order valence-corrected chi connectivity index (χ1v) is 3.50. The van der Waals surface area contributed by atoms with Gasteiger partial charge < -0.3 is 5.21 Å². The van der Waals surface area contributed by atoms with Crippen LogP contribution in [0.15, 0.2) is 12.2 Å². The van der Waals surface area contributed by atoms with Crippen LogP contribution < -0.4 is 0 Å². The fourth-order valence-corrected chi connectivity index (χ4v) is 1.64. The Balaban J connectivity index is 2.20. The van der Waals surface area contributed by atoms with Gasteiger partial charge in [0.1, 0.15) is 0 Å². The molecule has 0 radical (unpaired) electrons. The lowest BCUT2D eigenvalue weighted by Crippen LogP contribution is -2.42. The molecule has 2 bridgehead atoms. The third-order valence-corrected chi connectivity index (χ3v) is 2.24. The molecular weight excluding hydrogens is 114 g/mol. The van der Waals surface area contributed by atoms with E-state index in [-0.39, 0.29) is 0 Å². The highest BCUT2D eigenvalue weighted by Crippen LogP contribution is 2.27. The van der Waals surface area contributed by atoms with Gasteiger partial charge in [-0.3, -0.25) is 0 Å². The van der Waals surface area contributed by atoms with Gasteiger partial charge in [-0.1, -0.05) is 12.2 Å². The van der Waals surface area contributed by atoms with E-state index in [1.54, 1.807) is 0 Å². The average molecular weight is 125 g/mol. The minimum Gasteiger partial charge on any atom is -0.313 e. The highest BCUT2D eigenvalue weighted by atomic mass is 16.5. The fraction of sp³-hybridized carbons (Fsp3) is 0.714. The Kier molecular flexibility index (Phi) is 1.10. The first-order valence-electron chi connectivity index (χ1n) is 3.50. The summed E-state index contributed by atoms with van der Waals surface area (Å²) in [5.74, 6) is 0.625. The van der Waals surface area contributed by atoms with Crippen molar-refractivity contribution in [1.29, 1.82) is 0 Å². The number of hydroxylamine groups is 2. The molecule has 0 saturated carbocycles. The van der Waals surface area contributed by atoms with Crippen LogP contribution in [-0.4, -0.2) is 22.9 Å². The zero-order chi connectivity index (χ0) is 6.27. The molecule has 2 heterocycles. The molecule has 0 spiro atoms. The maximum atomic E-state index is 9.18.